The van der Waals surface area contributed by atoms with E-state index in [0.29, 0.717) is 29.1 Å². The fraction of sp³-hybridized carbons (Fsp3) is 0.318. The minimum atomic E-state index is -2.90. The number of amides is 1. The Morgan fingerprint density at radius 3 is 2.31 bits per heavy atom. The maximum absolute atomic E-state index is 13.0. The second-order valence-corrected chi connectivity index (χ2v) is 9.25. The van der Waals surface area contributed by atoms with Crippen LogP contribution in [0.15, 0.2) is 52.8 Å². The van der Waals surface area contributed by atoms with E-state index in [4.69, 9.17) is 0 Å². The van der Waals surface area contributed by atoms with E-state index in [2.05, 4.69) is 36.1 Å². The molecule has 29 heavy (non-hydrogen) atoms. The van der Waals surface area contributed by atoms with Crippen LogP contribution in [0.3, 0.4) is 0 Å². The minimum Gasteiger partial charge on any atom is -0.336 e. The summed E-state index contributed by atoms with van der Waals surface area (Å²) in [6.45, 7) is 6.08. The smallest absolute Gasteiger partial charge is 0.254 e. The van der Waals surface area contributed by atoms with E-state index in [1.165, 1.54) is 16.5 Å². The summed E-state index contributed by atoms with van der Waals surface area (Å²) >= 11 is 0. The first-order valence-corrected chi connectivity index (χ1v) is 11.3. The Hall–Kier alpha value is -1.83. The van der Waals surface area contributed by atoms with Gasteiger partial charge in [0.2, 0.25) is 0 Å². The second kappa shape index (κ2) is 8.90. The van der Waals surface area contributed by atoms with Crippen molar-refractivity contribution in [3.63, 3.8) is 0 Å². The first-order valence-electron chi connectivity index (χ1n) is 9.67. The molecule has 2 heterocycles. The van der Waals surface area contributed by atoms with Gasteiger partial charge in [0.1, 0.15) is 0 Å². The van der Waals surface area contributed by atoms with Crippen LogP contribution in [-0.2, 0) is 13.0 Å². The van der Waals surface area contributed by atoms with Crippen LogP contribution in [0.4, 0.5) is 0 Å². The highest BCUT2D eigenvalue weighted by atomic mass is 35.5. The van der Waals surface area contributed by atoms with Crippen molar-refractivity contribution >= 4 is 35.0 Å². The van der Waals surface area contributed by atoms with Crippen LogP contribution in [0.25, 0.3) is 6.08 Å². The topological polar surface area (TPSA) is 64.0 Å². The number of fused-ring (bicyclic) bond motifs is 1. The zero-order valence-corrected chi connectivity index (χ0v) is 18.1. The average molecular weight is 435 g/mol. The Balaban J connectivity index is 0.00000240. The van der Waals surface area contributed by atoms with Gasteiger partial charge in [-0.2, -0.15) is 0 Å². The van der Waals surface area contributed by atoms with Gasteiger partial charge in [-0.1, -0.05) is 37.3 Å². The molecule has 1 saturated heterocycles. The normalized spacial score (nSPS) is 18.8. The summed E-state index contributed by atoms with van der Waals surface area (Å²) in [6, 6.07) is 13.9. The number of hydrogen-bond donors (Lipinski definition) is 2. The number of rotatable bonds is 4. The summed E-state index contributed by atoms with van der Waals surface area (Å²) in [5.74, 6) is -0.0365. The predicted octanol–water partition coefficient (Wildman–Crippen LogP) is 4.72. The van der Waals surface area contributed by atoms with Crippen molar-refractivity contribution in [2.75, 3.05) is 26.2 Å². The SMILES string of the molecule is CCc1ccc(CN2CCN(C(=O)c3cccc4c3C=CS4(O)O)CC2)cc1.Cl. The van der Waals surface area contributed by atoms with E-state index in [0.717, 1.165) is 26.1 Å². The highest BCUT2D eigenvalue weighted by molar-refractivity contribution is 8.27. The lowest BCUT2D eigenvalue weighted by molar-refractivity contribution is 0.0628. The van der Waals surface area contributed by atoms with Gasteiger partial charge in [-0.05, 0) is 35.8 Å². The third kappa shape index (κ3) is 4.52. The number of hydrogen-bond acceptors (Lipinski definition) is 4. The van der Waals surface area contributed by atoms with Crippen molar-refractivity contribution in [2.45, 2.75) is 24.8 Å². The largest absolute Gasteiger partial charge is 0.336 e. The number of carbonyl (C=O) groups excluding carboxylic acids is 1. The van der Waals surface area contributed by atoms with Crippen LogP contribution in [-0.4, -0.2) is 51.0 Å². The van der Waals surface area contributed by atoms with Gasteiger partial charge in [-0.3, -0.25) is 18.8 Å². The lowest BCUT2D eigenvalue weighted by Gasteiger charge is -2.35. The maximum atomic E-state index is 13.0. The van der Waals surface area contributed by atoms with E-state index in [1.807, 2.05) is 4.90 Å². The number of carbonyl (C=O) groups is 1. The van der Waals surface area contributed by atoms with Crippen LogP contribution in [0.5, 0.6) is 0 Å². The molecule has 0 bridgehead atoms. The molecule has 1 fully saturated rings. The van der Waals surface area contributed by atoms with Crippen molar-refractivity contribution in [3.8, 4) is 0 Å². The molecule has 0 unspecified atom stereocenters. The van der Waals surface area contributed by atoms with E-state index < -0.39 is 10.6 Å². The van der Waals surface area contributed by atoms with E-state index >= 15 is 0 Å². The zero-order chi connectivity index (χ0) is 19.7. The van der Waals surface area contributed by atoms with Gasteiger partial charge in [0, 0.05) is 49.3 Å². The molecule has 2 N–H and O–H groups in total. The molecule has 4 rings (SSSR count). The lowest BCUT2D eigenvalue weighted by atomic mass is 10.1. The van der Waals surface area contributed by atoms with Crippen molar-refractivity contribution < 1.29 is 13.9 Å². The molecule has 5 nitrogen and oxygen atoms in total. The number of halogens is 1. The molecule has 0 aliphatic carbocycles. The minimum absolute atomic E-state index is 0. The van der Waals surface area contributed by atoms with Crippen LogP contribution >= 0.6 is 23.0 Å². The summed E-state index contributed by atoms with van der Waals surface area (Å²) in [7, 11) is -2.90. The molecule has 0 saturated carbocycles. The van der Waals surface area contributed by atoms with Crippen LogP contribution < -0.4 is 0 Å². The molecule has 0 aromatic heterocycles. The van der Waals surface area contributed by atoms with Crippen molar-refractivity contribution in [3.05, 3.63) is 70.1 Å². The number of nitrogens with zero attached hydrogens (tertiary/aromatic N) is 2. The Morgan fingerprint density at radius 2 is 1.66 bits per heavy atom. The first-order chi connectivity index (χ1) is 13.5. The molecular weight excluding hydrogens is 408 g/mol. The zero-order valence-electron chi connectivity index (χ0n) is 16.5. The standard InChI is InChI=1S/C22H26N2O3S.ClH/c1-2-17-6-8-18(9-7-17)16-23-11-13-24(14-12-23)22(25)20-4-3-5-21-19(20)10-15-28(21,26)27;/h3-10,15,26-27H,2,11-14,16H2,1H3;1H. The molecule has 2 aromatic carbocycles. The molecule has 1 amide bonds. The third-order valence-electron chi connectivity index (χ3n) is 5.54. The molecule has 156 valence electrons. The van der Waals surface area contributed by atoms with E-state index in [9.17, 15) is 13.9 Å². The van der Waals surface area contributed by atoms with Gasteiger partial charge >= 0.3 is 0 Å². The Labute approximate surface area is 179 Å². The average Bonchev–Trinajstić information content (AvgIpc) is 3.04. The summed E-state index contributed by atoms with van der Waals surface area (Å²) in [6.07, 6.45) is 2.71. The predicted molar refractivity (Wildman–Crippen MR) is 121 cm³/mol. The molecular formula is C22H27ClN2O3S. The van der Waals surface area contributed by atoms with Gasteiger partial charge in [-0.25, -0.2) is 0 Å². The first kappa shape index (κ1) is 21.9. The van der Waals surface area contributed by atoms with E-state index in [1.54, 1.807) is 24.3 Å². The van der Waals surface area contributed by atoms with Crippen molar-refractivity contribution in [1.82, 2.24) is 9.80 Å². The monoisotopic (exact) mass is 434 g/mol. The fourth-order valence-electron chi connectivity index (χ4n) is 3.82. The summed E-state index contributed by atoms with van der Waals surface area (Å²) in [5.41, 5.74) is 3.84. The van der Waals surface area contributed by atoms with Crippen molar-refractivity contribution in [1.29, 1.82) is 0 Å². The Bertz CT molecular complexity index is 907. The summed E-state index contributed by atoms with van der Waals surface area (Å²) in [4.78, 5) is 17.7. The molecule has 2 aromatic rings. The number of aryl methyl sites for hydroxylation is 1. The van der Waals surface area contributed by atoms with E-state index in [-0.39, 0.29) is 18.3 Å². The Kier molecular flexibility index (Phi) is 6.71. The van der Waals surface area contributed by atoms with Gasteiger partial charge in [-0.15, -0.1) is 23.0 Å². The number of benzene rings is 2. The maximum Gasteiger partial charge on any atom is 0.254 e. The molecule has 2 aliphatic rings. The van der Waals surface area contributed by atoms with Gasteiger partial charge < -0.3 is 4.90 Å². The number of piperazine rings is 1. The van der Waals surface area contributed by atoms with Gasteiger partial charge in [0.25, 0.3) is 5.91 Å². The van der Waals surface area contributed by atoms with Gasteiger partial charge in [0.05, 0.1) is 4.90 Å². The molecule has 0 atom stereocenters. The van der Waals surface area contributed by atoms with Gasteiger partial charge in [0.15, 0.2) is 0 Å². The molecule has 7 heteroatoms. The van der Waals surface area contributed by atoms with Crippen LogP contribution in [0.2, 0.25) is 0 Å². The quantitative estimate of drug-likeness (QED) is 0.730. The summed E-state index contributed by atoms with van der Waals surface area (Å²) in [5, 5.41) is 1.40. The second-order valence-electron chi connectivity index (χ2n) is 7.35. The molecule has 0 spiro atoms. The molecule has 2 aliphatic heterocycles. The van der Waals surface area contributed by atoms with Crippen LogP contribution in [0, 0.1) is 0 Å². The lowest BCUT2D eigenvalue weighted by Crippen LogP contribution is -2.48. The Morgan fingerprint density at radius 1 is 1.00 bits per heavy atom. The summed E-state index contributed by atoms with van der Waals surface area (Å²) < 4.78 is 20.2. The van der Waals surface area contributed by atoms with Crippen LogP contribution in [0.1, 0.15) is 34.0 Å². The highest BCUT2D eigenvalue weighted by Gasteiger charge is 2.29. The third-order valence-corrected chi connectivity index (χ3v) is 7.06. The van der Waals surface area contributed by atoms with Crippen molar-refractivity contribution in [2.24, 2.45) is 0 Å². The highest BCUT2D eigenvalue weighted by Crippen LogP contribution is 2.56. The molecule has 0 radical (unpaired) electrons. The fourth-order valence-corrected chi connectivity index (χ4v) is 5.07.